The van der Waals surface area contributed by atoms with Crippen LogP contribution in [0, 0.1) is 0 Å². The molecule has 122 valence electrons. The Balaban J connectivity index is 1.82. The number of carbonyl (C=O) groups excluding carboxylic acids is 2. The summed E-state index contributed by atoms with van der Waals surface area (Å²) in [5, 5.41) is 13.4. The highest BCUT2D eigenvalue weighted by Gasteiger charge is 2.16. The molecule has 1 aromatic carbocycles. The number of hydrogen-bond acceptors (Lipinski definition) is 6. The van der Waals surface area contributed by atoms with E-state index in [4.69, 9.17) is 4.74 Å². The second kappa shape index (κ2) is 6.99. The van der Waals surface area contributed by atoms with Gasteiger partial charge in [-0.1, -0.05) is 12.1 Å². The van der Waals surface area contributed by atoms with Crippen LogP contribution in [0.3, 0.4) is 0 Å². The van der Waals surface area contributed by atoms with Crippen molar-refractivity contribution in [2.75, 3.05) is 6.54 Å². The Morgan fingerprint density at radius 2 is 1.91 bits per heavy atom. The fourth-order valence-corrected chi connectivity index (χ4v) is 1.84. The van der Waals surface area contributed by atoms with Crippen LogP contribution in [0.25, 0.3) is 5.69 Å². The molecule has 0 saturated heterocycles. The Morgan fingerprint density at radius 3 is 2.48 bits per heavy atom. The molecule has 0 aliphatic rings. The number of carbonyl (C=O) groups is 2. The van der Waals surface area contributed by atoms with E-state index >= 15 is 0 Å². The molecule has 0 radical (unpaired) electrons. The minimum Gasteiger partial charge on any atom is -0.459 e. The lowest BCUT2D eigenvalue weighted by Gasteiger charge is -2.19. The van der Waals surface area contributed by atoms with Crippen molar-refractivity contribution < 1.29 is 14.3 Å². The van der Waals surface area contributed by atoms with Crippen molar-refractivity contribution in [3.63, 3.8) is 0 Å². The van der Waals surface area contributed by atoms with Crippen molar-refractivity contribution in [1.82, 2.24) is 25.5 Å². The third-order valence-electron chi connectivity index (χ3n) is 2.76. The minimum absolute atomic E-state index is 0.140. The number of ether oxygens (including phenoxy) is 1. The van der Waals surface area contributed by atoms with Gasteiger partial charge in [0, 0.05) is 0 Å². The van der Waals surface area contributed by atoms with Gasteiger partial charge in [0.1, 0.15) is 18.5 Å². The highest BCUT2D eigenvalue weighted by molar-refractivity contribution is 5.83. The SMILES string of the molecule is CC(C)(C)OC(=O)CNC(=O)Cc1ccc(-n2cnnn2)cc1. The minimum atomic E-state index is -0.562. The molecule has 0 bridgehead atoms. The molecule has 0 aliphatic carbocycles. The summed E-state index contributed by atoms with van der Waals surface area (Å²) < 4.78 is 6.64. The van der Waals surface area contributed by atoms with Gasteiger partial charge in [-0.15, -0.1) is 5.10 Å². The summed E-state index contributed by atoms with van der Waals surface area (Å²) in [5.41, 5.74) is 1.06. The zero-order chi connectivity index (χ0) is 16.9. The van der Waals surface area contributed by atoms with E-state index in [1.807, 2.05) is 24.3 Å². The van der Waals surface area contributed by atoms with Crippen molar-refractivity contribution in [3.05, 3.63) is 36.2 Å². The van der Waals surface area contributed by atoms with Crippen LogP contribution in [-0.2, 0) is 20.7 Å². The number of benzene rings is 1. The van der Waals surface area contributed by atoms with Crippen molar-refractivity contribution >= 4 is 11.9 Å². The molecular formula is C15H19N5O3. The first-order valence-electron chi connectivity index (χ1n) is 7.14. The quantitative estimate of drug-likeness (QED) is 0.813. The van der Waals surface area contributed by atoms with Gasteiger partial charge in [-0.25, -0.2) is 4.68 Å². The summed E-state index contributed by atoms with van der Waals surface area (Å²) in [5.74, 6) is -0.703. The second-order valence-corrected chi connectivity index (χ2v) is 5.96. The standard InChI is InChI=1S/C15H19N5O3/c1-15(2,3)23-14(22)9-16-13(21)8-11-4-6-12(7-5-11)20-10-17-18-19-20/h4-7,10H,8-9H2,1-3H3,(H,16,21). The Hall–Kier alpha value is -2.77. The highest BCUT2D eigenvalue weighted by atomic mass is 16.6. The van der Waals surface area contributed by atoms with E-state index in [2.05, 4.69) is 20.8 Å². The number of esters is 1. The zero-order valence-electron chi connectivity index (χ0n) is 13.3. The van der Waals surface area contributed by atoms with Gasteiger partial charge in [-0.3, -0.25) is 9.59 Å². The molecule has 1 aromatic heterocycles. The number of nitrogens with one attached hydrogen (secondary N) is 1. The predicted octanol–water partition coefficient (Wildman–Crippen LogP) is 0.663. The van der Waals surface area contributed by atoms with E-state index in [1.165, 1.54) is 11.0 Å². The third kappa shape index (κ3) is 5.50. The maximum Gasteiger partial charge on any atom is 0.325 e. The number of tetrazole rings is 1. The normalized spacial score (nSPS) is 11.1. The van der Waals surface area contributed by atoms with E-state index < -0.39 is 11.6 Å². The van der Waals surface area contributed by atoms with Gasteiger partial charge in [0.25, 0.3) is 0 Å². The molecule has 0 aliphatic heterocycles. The number of rotatable bonds is 5. The summed E-state index contributed by atoms with van der Waals surface area (Å²) in [4.78, 5) is 23.4. The number of nitrogens with zero attached hydrogens (tertiary/aromatic N) is 4. The number of aromatic nitrogens is 4. The Kier molecular flexibility index (Phi) is 5.05. The van der Waals surface area contributed by atoms with Gasteiger partial charge >= 0.3 is 5.97 Å². The van der Waals surface area contributed by atoms with Crippen LogP contribution in [0.2, 0.25) is 0 Å². The van der Waals surface area contributed by atoms with Crippen molar-refractivity contribution in [2.45, 2.75) is 32.8 Å². The summed E-state index contributed by atoms with van der Waals surface area (Å²) in [6, 6.07) is 7.24. The van der Waals surface area contributed by atoms with Gasteiger partial charge in [-0.2, -0.15) is 0 Å². The van der Waals surface area contributed by atoms with Crippen LogP contribution < -0.4 is 5.32 Å². The molecule has 0 unspecified atom stereocenters. The molecule has 1 heterocycles. The maximum absolute atomic E-state index is 11.8. The lowest BCUT2D eigenvalue weighted by Crippen LogP contribution is -2.35. The molecule has 1 amide bonds. The van der Waals surface area contributed by atoms with Crippen LogP contribution in [0.5, 0.6) is 0 Å². The van der Waals surface area contributed by atoms with Crippen LogP contribution >= 0.6 is 0 Å². The average Bonchev–Trinajstić information content (AvgIpc) is 2.98. The molecule has 0 atom stereocenters. The molecule has 23 heavy (non-hydrogen) atoms. The van der Waals surface area contributed by atoms with Crippen LogP contribution in [0.15, 0.2) is 30.6 Å². The lowest BCUT2D eigenvalue weighted by molar-refractivity contribution is -0.154. The summed E-state index contributed by atoms with van der Waals surface area (Å²) in [7, 11) is 0. The van der Waals surface area contributed by atoms with Gasteiger partial charge < -0.3 is 10.1 Å². The lowest BCUT2D eigenvalue weighted by atomic mass is 10.1. The Labute approximate surface area is 133 Å². The van der Waals surface area contributed by atoms with E-state index in [0.717, 1.165) is 11.3 Å². The fourth-order valence-electron chi connectivity index (χ4n) is 1.84. The van der Waals surface area contributed by atoms with Crippen molar-refractivity contribution in [2.24, 2.45) is 0 Å². The largest absolute Gasteiger partial charge is 0.459 e. The van der Waals surface area contributed by atoms with Gasteiger partial charge in [0.05, 0.1) is 12.1 Å². The Morgan fingerprint density at radius 1 is 1.22 bits per heavy atom. The molecule has 2 aromatic rings. The van der Waals surface area contributed by atoms with Gasteiger partial charge in [-0.05, 0) is 48.9 Å². The van der Waals surface area contributed by atoms with Gasteiger partial charge in [0.15, 0.2) is 0 Å². The van der Waals surface area contributed by atoms with Gasteiger partial charge in [0.2, 0.25) is 5.91 Å². The highest BCUT2D eigenvalue weighted by Crippen LogP contribution is 2.08. The van der Waals surface area contributed by atoms with E-state index in [1.54, 1.807) is 20.8 Å². The third-order valence-corrected chi connectivity index (χ3v) is 2.76. The summed E-state index contributed by atoms with van der Waals surface area (Å²) in [6.45, 7) is 5.19. The smallest absolute Gasteiger partial charge is 0.325 e. The fraction of sp³-hybridized carbons (Fsp3) is 0.400. The Bertz CT molecular complexity index is 659. The molecule has 2 rings (SSSR count). The zero-order valence-corrected chi connectivity index (χ0v) is 13.3. The monoisotopic (exact) mass is 317 g/mol. The number of amides is 1. The molecule has 0 saturated carbocycles. The summed E-state index contributed by atoms with van der Waals surface area (Å²) >= 11 is 0. The number of hydrogen-bond donors (Lipinski definition) is 1. The van der Waals surface area contributed by atoms with Crippen molar-refractivity contribution in [1.29, 1.82) is 0 Å². The van der Waals surface area contributed by atoms with Crippen LogP contribution in [0.1, 0.15) is 26.3 Å². The molecular weight excluding hydrogens is 298 g/mol. The van der Waals surface area contributed by atoms with E-state index in [-0.39, 0.29) is 18.9 Å². The van der Waals surface area contributed by atoms with Crippen LogP contribution in [-0.4, -0.2) is 44.2 Å². The second-order valence-electron chi connectivity index (χ2n) is 5.96. The summed E-state index contributed by atoms with van der Waals surface area (Å²) in [6.07, 6.45) is 1.67. The molecule has 0 spiro atoms. The molecule has 1 N–H and O–H groups in total. The van der Waals surface area contributed by atoms with Crippen molar-refractivity contribution in [3.8, 4) is 5.69 Å². The first-order valence-corrected chi connectivity index (χ1v) is 7.14. The first kappa shape index (κ1) is 16.6. The molecule has 8 nitrogen and oxygen atoms in total. The van der Waals surface area contributed by atoms with E-state index in [9.17, 15) is 9.59 Å². The molecule has 0 fully saturated rings. The van der Waals surface area contributed by atoms with E-state index in [0.29, 0.717) is 0 Å². The predicted molar refractivity (Wildman–Crippen MR) is 81.7 cm³/mol. The maximum atomic E-state index is 11.8. The topological polar surface area (TPSA) is 99.0 Å². The average molecular weight is 317 g/mol. The molecule has 8 heteroatoms. The first-order chi connectivity index (χ1) is 10.8. The van der Waals surface area contributed by atoms with Crippen LogP contribution in [0.4, 0.5) is 0 Å².